The SMILES string of the molecule is CCCCN1CCCCC1c1ccc(F)cc1. The van der Waals surface area contributed by atoms with Crippen molar-refractivity contribution in [3.05, 3.63) is 35.6 Å². The van der Waals surface area contributed by atoms with Crippen LogP contribution in [-0.2, 0) is 0 Å². The summed E-state index contributed by atoms with van der Waals surface area (Å²) in [5.41, 5.74) is 1.28. The highest BCUT2D eigenvalue weighted by atomic mass is 19.1. The van der Waals surface area contributed by atoms with Gasteiger partial charge in [0.1, 0.15) is 5.82 Å². The van der Waals surface area contributed by atoms with Crippen LogP contribution in [0.15, 0.2) is 24.3 Å². The molecular weight excluding hydrogens is 213 g/mol. The largest absolute Gasteiger partial charge is 0.296 e. The highest BCUT2D eigenvalue weighted by Crippen LogP contribution is 2.30. The van der Waals surface area contributed by atoms with E-state index >= 15 is 0 Å². The van der Waals surface area contributed by atoms with Gasteiger partial charge in [-0.05, 0) is 50.0 Å². The van der Waals surface area contributed by atoms with Crippen LogP contribution in [-0.4, -0.2) is 18.0 Å². The number of halogens is 1. The Kier molecular flexibility index (Phi) is 4.55. The van der Waals surface area contributed by atoms with E-state index in [0.29, 0.717) is 6.04 Å². The first kappa shape index (κ1) is 12.6. The quantitative estimate of drug-likeness (QED) is 0.757. The number of likely N-dealkylation sites (tertiary alicyclic amines) is 1. The van der Waals surface area contributed by atoms with Gasteiger partial charge >= 0.3 is 0 Å². The zero-order valence-electron chi connectivity index (χ0n) is 10.7. The van der Waals surface area contributed by atoms with E-state index in [0.717, 1.165) is 0 Å². The summed E-state index contributed by atoms with van der Waals surface area (Å²) in [6, 6.07) is 7.58. The molecule has 0 aromatic heterocycles. The molecule has 0 bridgehead atoms. The lowest BCUT2D eigenvalue weighted by molar-refractivity contribution is 0.146. The van der Waals surface area contributed by atoms with Crippen molar-refractivity contribution in [2.45, 2.75) is 45.1 Å². The van der Waals surface area contributed by atoms with E-state index in [-0.39, 0.29) is 5.82 Å². The molecule has 2 rings (SSSR count). The predicted octanol–water partition coefficient (Wildman–Crippen LogP) is 4.15. The third-order valence-electron chi connectivity index (χ3n) is 3.67. The van der Waals surface area contributed by atoms with Crippen molar-refractivity contribution in [1.82, 2.24) is 4.90 Å². The first-order valence-corrected chi connectivity index (χ1v) is 6.81. The molecule has 0 amide bonds. The van der Waals surface area contributed by atoms with Gasteiger partial charge in [-0.1, -0.05) is 31.9 Å². The van der Waals surface area contributed by atoms with Crippen molar-refractivity contribution in [2.24, 2.45) is 0 Å². The fraction of sp³-hybridized carbons (Fsp3) is 0.600. The third-order valence-corrected chi connectivity index (χ3v) is 3.67. The minimum absolute atomic E-state index is 0.135. The van der Waals surface area contributed by atoms with Crippen LogP contribution in [0.25, 0.3) is 0 Å². The van der Waals surface area contributed by atoms with Crippen molar-refractivity contribution < 1.29 is 4.39 Å². The maximum absolute atomic E-state index is 12.9. The second-order valence-corrected chi connectivity index (χ2v) is 4.95. The molecule has 1 nitrogen and oxygen atoms in total. The Labute approximate surface area is 104 Å². The highest BCUT2D eigenvalue weighted by Gasteiger charge is 2.22. The Morgan fingerprint density at radius 3 is 2.71 bits per heavy atom. The molecule has 1 aromatic rings. The van der Waals surface area contributed by atoms with Crippen LogP contribution in [0.1, 0.15) is 50.6 Å². The van der Waals surface area contributed by atoms with Crippen LogP contribution in [0.3, 0.4) is 0 Å². The summed E-state index contributed by atoms with van der Waals surface area (Å²) < 4.78 is 12.9. The van der Waals surface area contributed by atoms with Gasteiger partial charge in [-0.2, -0.15) is 0 Å². The summed E-state index contributed by atoms with van der Waals surface area (Å²) in [5.74, 6) is -0.135. The van der Waals surface area contributed by atoms with Gasteiger partial charge in [-0.3, -0.25) is 4.90 Å². The average Bonchev–Trinajstić information content (AvgIpc) is 2.38. The smallest absolute Gasteiger partial charge is 0.123 e. The molecule has 2 heteroatoms. The molecule has 0 aliphatic carbocycles. The van der Waals surface area contributed by atoms with Crippen molar-refractivity contribution in [3.63, 3.8) is 0 Å². The number of benzene rings is 1. The maximum Gasteiger partial charge on any atom is 0.123 e. The lowest BCUT2D eigenvalue weighted by atomic mass is 9.95. The lowest BCUT2D eigenvalue weighted by Crippen LogP contribution is -2.34. The maximum atomic E-state index is 12.9. The van der Waals surface area contributed by atoms with Crippen molar-refractivity contribution in [3.8, 4) is 0 Å². The Morgan fingerprint density at radius 1 is 1.24 bits per heavy atom. The molecule has 1 atom stereocenters. The van der Waals surface area contributed by atoms with Gasteiger partial charge in [-0.25, -0.2) is 4.39 Å². The molecule has 1 heterocycles. The molecule has 0 N–H and O–H groups in total. The van der Waals surface area contributed by atoms with Crippen LogP contribution < -0.4 is 0 Å². The number of hydrogen-bond acceptors (Lipinski definition) is 1. The fourth-order valence-corrected chi connectivity index (χ4v) is 2.68. The van der Waals surface area contributed by atoms with Gasteiger partial charge in [0.05, 0.1) is 0 Å². The first-order chi connectivity index (χ1) is 8.31. The third kappa shape index (κ3) is 3.29. The van der Waals surface area contributed by atoms with Crippen LogP contribution >= 0.6 is 0 Å². The van der Waals surface area contributed by atoms with E-state index in [1.165, 1.54) is 50.8 Å². The van der Waals surface area contributed by atoms with Crippen LogP contribution in [0.5, 0.6) is 0 Å². The summed E-state index contributed by atoms with van der Waals surface area (Å²) in [6.07, 6.45) is 6.33. The zero-order chi connectivity index (χ0) is 12.1. The topological polar surface area (TPSA) is 3.24 Å². The Balaban J connectivity index is 2.07. The molecule has 0 saturated carbocycles. The van der Waals surface area contributed by atoms with Gasteiger partial charge in [0.2, 0.25) is 0 Å². The molecule has 1 saturated heterocycles. The molecule has 1 aromatic carbocycles. The molecule has 1 aliphatic heterocycles. The Hall–Kier alpha value is -0.890. The van der Waals surface area contributed by atoms with Gasteiger partial charge in [-0.15, -0.1) is 0 Å². The molecule has 1 fully saturated rings. The van der Waals surface area contributed by atoms with E-state index in [1.807, 2.05) is 12.1 Å². The molecule has 94 valence electrons. The van der Waals surface area contributed by atoms with Crippen LogP contribution in [0.2, 0.25) is 0 Å². The normalized spacial score (nSPS) is 21.6. The molecule has 1 aliphatic rings. The van der Waals surface area contributed by atoms with E-state index in [9.17, 15) is 4.39 Å². The van der Waals surface area contributed by atoms with Crippen LogP contribution in [0, 0.1) is 5.82 Å². The minimum atomic E-state index is -0.135. The second kappa shape index (κ2) is 6.15. The molecule has 1 unspecified atom stereocenters. The zero-order valence-corrected chi connectivity index (χ0v) is 10.7. The summed E-state index contributed by atoms with van der Waals surface area (Å²) >= 11 is 0. The standard InChI is InChI=1S/C15H22FN/c1-2-3-11-17-12-5-4-6-15(17)13-7-9-14(16)10-8-13/h7-10,15H,2-6,11-12H2,1H3. The van der Waals surface area contributed by atoms with Crippen LogP contribution in [0.4, 0.5) is 4.39 Å². The number of piperidine rings is 1. The second-order valence-electron chi connectivity index (χ2n) is 4.95. The predicted molar refractivity (Wildman–Crippen MR) is 69.5 cm³/mol. The van der Waals surface area contributed by atoms with E-state index in [2.05, 4.69) is 11.8 Å². The van der Waals surface area contributed by atoms with Crippen molar-refractivity contribution in [2.75, 3.05) is 13.1 Å². The number of nitrogens with zero attached hydrogens (tertiary/aromatic N) is 1. The Morgan fingerprint density at radius 2 is 2.00 bits per heavy atom. The summed E-state index contributed by atoms with van der Waals surface area (Å²) in [7, 11) is 0. The van der Waals surface area contributed by atoms with Gasteiger partial charge in [0, 0.05) is 6.04 Å². The molecule has 0 radical (unpaired) electrons. The fourth-order valence-electron chi connectivity index (χ4n) is 2.68. The summed E-state index contributed by atoms with van der Waals surface area (Å²) in [5, 5.41) is 0. The first-order valence-electron chi connectivity index (χ1n) is 6.81. The molecular formula is C15H22FN. The molecule has 0 spiro atoms. The van der Waals surface area contributed by atoms with Gasteiger partial charge in [0.15, 0.2) is 0 Å². The summed E-state index contributed by atoms with van der Waals surface area (Å²) in [6.45, 7) is 4.61. The highest BCUT2D eigenvalue weighted by molar-refractivity contribution is 5.20. The van der Waals surface area contributed by atoms with E-state index in [4.69, 9.17) is 0 Å². The van der Waals surface area contributed by atoms with Crippen molar-refractivity contribution >= 4 is 0 Å². The number of rotatable bonds is 4. The number of hydrogen-bond donors (Lipinski definition) is 0. The minimum Gasteiger partial charge on any atom is -0.296 e. The molecule has 17 heavy (non-hydrogen) atoms. The van der Waals surface area contributed by atoms with Crippen molar-refractivity contribution in [1.29, 1.82) is 0 Å². The van der Waals surface area contributed by atoms with E-state index in [1.54, 1.807) is 12.1 Å². The summed E-state index contributed by atoms with van der Waals surface area (Å²) in [4.78, 5) is 2.57. The van der Waals surface area contributed by atoms with E-state index < -0.39 is 0 Å². The lowest BCUT2D eigenvalue weighted by Gasteiger charge is -2.36. The average molecular weight is 235 g/mol. The monoisotopic (exact) mass is 235 g/mol. The number of unbranched alkanes of at least 4 members (excludes halogenated alkanes) is 1. The van der Waals surface area contributed by atoms with Gasteiger partial charge < -0.3 is 0 Å². The van der Waals surface area contributed by atoms with Gasteiger partial charge in [0.25, 0.3) is 0 Å². The Bertz CT molecular complexity index is 333.